The first-order valence-electron chi connectivity index (χ1n) is 10.9. The molecule has 0 unspecified atom stereocenters. The molecule has 1 saturated heterocycles. The van der Waals surface area contributed by atoms with Gasteiger partial charge in [0.1, 0.15) is 5.57 Å². The van der Waals surface area contributed by atoms with E-state index in [9.17, 15) is 14.4 Å². The van der Waals surface area contributed by atoms with Gasteiger partial charge in [0.05, 0.1) is 5.52 Å². The molecule has 2 N–H and O–H groups in total. The number of amides is 4. The highest BCUT2D eigenvalue weighted by atomic mass is 16.2. The van der Waals surface area contributed by atoms with Gasteiger partial charge < -0.3 is 4.57 Å². The molecule has 1 fully saturated rings. The number of hydrogen-bond acceptors (Lipinski definition) is 3. The Morgan fingerprint density at radius 2 is 1.38 bits per heavy atom. The third kappa shape index (κ3) is 4.04. The van der Waals surface area contributed by atoms with Gasteiger partial charge in [-0.15, -0.1) is 0 Å². The minimum Gasteiger partial charge on any atom is -0.336 e. The second-order valence-electron chi connectivity index (χ2n) is 7.89. The number of benzene rings is 3. The number of urea groups is 1. The Kier molecular flexibility index (Phi) is 5.62. The van der Waals surface area contributed by atoms with Crippen LogP contribution < -0.4 is 16.0 Å². The molecule has 5 rings (SSSR count). The molecule has 3 aromatic carbocycles. The maximum absolute atomic E-state index is 11.8. The zero-order chi connectivity index (χ0) is 23.5. The molecule has 0 radical (unpaired) electrons. The van der Waals surface area contributed by atoms with Crippen LogP contribution in [0.1, 0.15) is 5.56 Å². The maximum atomic E-state index is 11.8. The highest BCUT2D eigenvalue weighted by Gasteiger charge is 2.26. The Morgan fingerprint density at radius 3 is 2.12 bits per heavy atom. The topological polar surface area (TPSA) is 80.2 Å². The van der Waals surface area contributed by atoms with Gasteiger partial charge >= 0.3 is 6.03 Å². The summed E-state index contributed by atoms with van der Waals surface area (Å²) in [4.78, 5) is 34.7. The van der Waals surface area contributed by atoms with Crippen LogP contribution in [0.3, 0.4) is 0 Å². The normalized spacial score (nSPS) is 15.1. The number of hydrogen-bond donors (Lipinski definition) is 2. The van der Waals surface area contributed by atoms with Crippen LogP contribution in [0.5, 0.6) is 0 Å². The van der Waals surface area contributed by atoms with Gasteiger partial charge in [-0.3, -0.25) is 20.2 Å². The first kappa shape index (κ1) is 21.2. The quantitative estimate of drug-likeness (QED) is 0.278. The van der Waals surface area contributed by atoms with Crippen molar-refractivity contribution in [2.75, 3.05) is 0 Å². The zero-order valence-electron chi connectivity index (χ0n) is 18.2. The lowest BCUT2D eigenvalue weighted by molar-refractivity contribution is -0.124. The number of carbonyl (C=O) groups excluding carboxylic acids is 3. The molecule has 0 atom stereocenters. The smallest absolute Gasteiger partial charge is 0.328 e. The zero-order valence-corrected chi connectivity index (χ0v) is 18.2. The largest absolute Gasteiger partial charge is 0.336 e. The SMILES string of the molecule is O=C1NC(=O)C(=C/C=C/C=C/C=c2\c3cccc4cccc(c43)n2Cc2ccccc2)C(=O)N1. The molecule has 34 heavy (non-hydrogen) atoms. The van der Waals surface area contributed by atoms with Crippen molar-refractivity contribution >= 4 is 45.6 Å². The number of aromatic nitrogens is 1. The molecule has 0 spiro atoms. The molecule has 2 heterocycles. The molecule has 0 aliphatic carbocycles. The average Bonchev–Trinajstić information content (AvgIpc) is 3.12. The molecular formula is C28H21N3O3. The van der Waals surface area contributed by atoms with Gasteiger partial charge in [0.15, 0.2) is 0 Å². The van der Waals surface area contributed by atoms with Gasteiger partial charge in [-0.1, -0.05) is 85.0 Å². The lowest BCUT2D eigenvalue weighted by atomic mass is 10.1. The fourth-order valence-electron chi connectivity index (χ4n) is 4.20. The Balaban J connectivity index is 1.50. The highest BCUT2D eigenvalue weighted by molar-refractivity contribution is 6.29. The van der Waals surface area contributed by atoms with Crippen molar-refractivity contribution in [3.05, 3.63) is 114 Å². The van der Waals surface area contributed by atoms with Gasteiger partial charge in [-0.25, -0.2) is 4.79 Å². The fraction of sp³-hybridized carbons (Fsp3) is 0.0357. The molecule has 4 aromatic rings. The summed E-state index contributed by atoms with van der Waals surface area (Å²) in [7, 11) is 0. The summed E-state index contributed by atoms with van der Waals surface area (Å²) in [6, 6.07) is 22.2. The summed E-state index contributed by atoms with van der Waals surface area (Å²) < 4.78 is 2.32. The summed E-state index contributed by atoms with van der Waals surface area (Å²) in [5.74, 6) is -1.42. The molecule has 1 aliphatic rings. The number of allylic oxidation sites excluding steroid dienone is 5. The average molecular weight is 447 g/mol. The van der Waals surface area contributed by atoms with Gasteiger partial charge in [-0.05, 0) is 29.2 Å². The van der Waals surface area contributed by atoms with E-state index >= 15 is 0 Å². The number of nitrogens with one attached hydrogen (secondary N) is 2. The molecule has 0 saturated carbocycles. The van der Waals surface area contributed by atoms with Crippen LogP contribution in [-0.2, 0) is 16.1 Å². The molecule has 1 aromatic heterocycles. The number of rotatable bonds is 5. The summed E-state index contributed by atoms with van der Waals surface area (Å²) in [5.41, 5.74) is 2.28. The molecule has 6 nitrogen and oxygen atoms in total. The van der Waals surface area contributed by atoms with E-state index in [0.29, 0.717) is 0 Å². The molecule has 1 aliphatic heterocycles. The molecule has 4 amide bonds. The first-order valence-corrected chi connectivity index (χ1v) is 10.9. The van der Waals surface area contributed by atoms with Crippen LogP contribution in [0.25, 0.3) is 27.8 Å². The molecular weight excluding hydrogens is 426 g/mol. The second-order valence-corrected chi connectivity index (χ2v) is 7.89. The fourth-order valence-corrected chi connectivity index (χ4v) is 4.20. The predicted molar refractivity (Wildman–Crippen MR) is 133 cm³/mol. The van der Waals surface area contributed by atoms with Gasteiger partial charge in [0.25, 0.3) is 11.8 Å². The third-order valence-electron chi connectivity index (χ3n) is 5.72. The highest BCUT2D eigenvalue weighted by Crippen LogP contribution is 2.26. The first-order chi connectivity index (χ1) is 16.6. The van der Waals surface area contributed by atoms with Crippen LogP contribution in [0.4, 0.5) is 4.79 Å². The number of barbiturate groups is 1. The summed E-state index contributed by atoms with van der Waals surface area (Å²) in [6.07, 6.45) is 10.5. The molecule has 166 valence electrons. The van der Waals surface area contributed by atoms with Crippen molar-refractivity contribution < 1.29 is 14.4 Å². The van der Waals surface area contributed by atoms with Crippen LogP contribution in [0.2, 0.25) is 0 Å². The lowest BCUT2D eigenvalue weighted by Gasteiger charge is -2.12. The molecule has 0 bridgehead atoms. The lowest BCUT2D eigenvalue weighted by Crippen LogP contribution is -2.51. The maximum Gasteiger partial charge on any atom is 0.328 e. The Bertz CT molecular complexity index is 1550. The number of imide groups is 2. The van der Waals surface area contributed by atoms with Crippen LogP contribution >= 0.6 is 0 Å². The van der Waals surface area contributed by atoms with Crippen molar-refractivity contribution in [3.8, 4) is 0 Å². The van der Waals surface area contributed by atoms with E-state index in [0.717, 1.165) is 11.9 Å². The van der Waals surface area contributed by atoms with E-state index in [1.165, 1.54) is 33.3 Å². The van der Waals surface area contributed by atoms with E-state index < -0.39 is 17.8 Å². The third-order valence-corrected chi connectivity index (χ3v) is 5.72. The van der Waals surface area contributed by atoms with Crippen LogP contribution in [-0.4, -0.2) is 22.4 Å². The van der Waals surface area contributed by atoms with E-state index in [-0.39, 0.29) is 5.57 Å². The van der Waals surface area contributed by atoms with E-state index in [4.69, 9.17) is 0 Å². The van der Waals surface area contributed by atoms with Crippen molar-refractivity contribution in [2.24, 2.45) is 0 Å². The minimum absolute atomic E-state index is 0.116. The van der Waals surface area contributed by atoms with E-state index in [1.807, 2.05) is 41.0 Å². The van der Waals surface area contributed by atoms with Gasteiger partial charge in [0.2, 0.25) is 0 Å². The van der Waals surface area contributed by atoms with Crippen molar-refractivity contribution in [1.29, 1.82) is 0 Å². The van der Waals surface area contributed by atoms with Crippen LogP contribution in [0, 0.1) is 0 Å². The Hall–Kier alpha value is -4.71. The summed E-state index contributed by atoms with van der Waals surface area (Å²) in [5, 5.41) is 8.82. The van der Waals surface area contributed by atoms with Crippen molar-refractivity contribution in [2.45, 2.75) is 6.54 Å². The van der Waals surface area contributed by atoms with Gasteiger partial charge in [0, 0.05) is 22.7 Å². The number of carbonyl (C=O) groups is 3. The second kappa shape index (κ2) is 9.03. The Morgan fingerprint density at radius 1 is 0.706 bits per heavy atom. The number of nitrogens with zero attached hydrogens (tertiary/aromatic N) is 1. The Labute approximate surface area is 195 Å². The van der Waals surface area contributed by atoms with E-state index in [2.05, 4.69) is 59.2 Å². The molecule has 6 heteroatoms. The van der Waals surface area contributed by atoms with Crippen molar-refractivity contribution in [1.82, 2.24) is 15.2 Å². The summed E-state index contributed by atoms with van der Waals surface area (Å²) in [6.45, 7) is 0.749. The minimum atomic E-state index is -0.810. The van der Waals surface area contributed by atoms with Crippen molar-refractivity contribution in [3.63, 3.8) is 0 Å². The summed E-state index contributed by atoms with van der Waals surface area (Å²) >= 11 is 0. The van der Waals surface area contributed by atoms with E-state index in [1.54, 1.807) is 12.2 Å². The standard InChI is InChI=1S/C28H21N3O3/c32-26-22(27(33)30-28(34)29-26)14-6-1-2-7-16-23-21-15-8-12-20-13-9-17-24(25(20)21)31(23)18-19-10-4-3-5-11-19/h1-17H,18H2,(H2,29,30,32,33,34)/b6-1+,7-2+,23-16+. The predicted octanol–water partition coefficient (Wildman–Crippen LogP) is 3.75. The van der Waals surface area contributed by atoms with Gasteiger partial charge in [-0.2, -0.15) is 0 Å². The van der Waals surface area contributed by atoms with Crippen LogP contribution in [0.15, 0.2) is 103 Å². The monoisotopic (exact) mass is 447 g/mol.